The molecule has 0 aromatic heterocycles. The Balaban J connectivity index is 0.00000180. The molecule has 0 aromatic carbocycles. The Kier molecular flexibility index (Phi) is 10.6. The molecule has 1 amide bonds. The standard InChI is InChI=1S/C13H25N3O2.2ClH/c14-12(11-3-9-18-10-4-11)13(17)15-5-8-16-6-1-2-7-16;;/h11-12H,1-10,14H2,(H,15,17);2*1H. The first-order chi connectivity index (χ1) is 8.77. The summed E-state index contributed by atoms with van der Waals surface area (Å²) in [6, 6.07) is -0.368. The Labute approximate surface area is 133 Å². The van der Waals surface area contributed by atoms with Crippen LogP contribution in [0.1, 0.15) is 25.7 Å². The molecule has 0 aromatic rings. The van der Waals surface area contributed by atoms with Crippen molar-refractivity contribution in [3.8, 4) is 0 Å². The summed E-state index contributed by atoms with van der Waals surface area (Å²) >= 11 is 0. The number of nitrogens with one attached hydrogen (secondary N) is 1. The van der Waals surface area contributed by atoms with Gasteiger partial charge in [0.15, 0.2) is 0 Å². The molecule has 0 aliphatic carbocycles. The van der Waals surface area contributed by atoms with Crippen molar-refractivity contribution in [1.29, 1.82) is 0 Å². The van der Waals surface area contributed by atoms with E-state index in [1.54, 1.807) is 0 Å². The van der Waals surface area contributed by atoms with Gasteiger partial charge in [-0.1, -0.05) is 0 Å². The van der Waals surface area contributed by atoms with Crippen molar-refractivity contribution in [3.05, 3.63) is 0 Å². The largest absolute Gasteiger partial charge is 0.381 e. The van der Waals surface area contributed by atoms with E-state index in [0.717, 1.165) is 39.1 Å². The molecule has 2 aliphatic heterocycles. The van der Waals surface area contributed by atoms with Gasteiger partial charge in [-0.25, -0.2) is 0 Å². The van der Waals surface area contributed by atoms with Crippen LogP contribution >= 0.6 is 24.8 Å². The maximum absolute atomic E-state index is 11.9. The van der Waals surface area contributed by atoms with Crippen molar-refractivity contribution >= 4 is 30.7 Å². The molecule has 2 saturated heterocycles. The molecule has 2 rings (SSSR count). The normalized spacial score (nSPS) is 21.6. The maximum atomic E-state index is 11.9. The second kappa shape index (κ2) is 10.6. The average Bonchev–Trinajstić information content (AvgIpc) is 2.92. The maximum Gasteiger partial charge on any atom is 0.237 e. The number of carbonyl (C=O) groups excluding carboxylic acids is 1. The van der Waals surface area contributed by atoms with Gasteiger partial charge in [0.1, 0.15) is 0 Å². The molecule has 1 atom stereocenters. The second-order valence-electron chi connectivity index (χ2n) is 5.32. The van der Waals surface area contributed by atoms with Crippen molar-refractivity contribution in [3.63, 3.8) is 0 Å². The fourth-order valence-corrected chi connectivity index (χ4v) is 2.75. The quantitative estimate of drug-likeness (QED) is 0.783. The number of nitrogens with zero attached hydrogens (tertiary/aromatic N) is 1. The number of ether oxygens (including phenoxy) is 1. The summed E-state index contributed by atoms with van der Waals surface area (Å²) in [7, 11) is 0. The van der Waals surface area contributed by atoms with E-state index in [1.807, 2.05) is 0 Å². The predicted octanol–water partition coefficient (Wildman–Crippen LogP) is 0.796. The molecular weight excluding hydrogens is 301 g/mol. The molecule has 2 heterocycles. The van der Waals surface area contributed by atoms with Gasteiger partial charge in [0.2, 0.25) is 5.91 Å². The molecule has 3 N–H and O–H groups in total. The molecule has 2 fully saturated rings. The number of rotatable bonds is 5. The van der Waals surface area contributed by atoms with Crippen LogP contribution in [0.4, 0.5) is 0 Å². The van der Waals surface area contributed by atoms with Gasteiger partial charge in [-0.2, -0.15) is 0 Å². The van der Waals surface area contributed by atoms with Crippen LogP contribution in [0, 0.1) is 5.92 Å². The van der Waals surface area contributed by atoms with Crippen molar-refractivity contribution in [2.75, 3.05) is 39.4 Å². The smallest absolute Gasteiger partial charge is 0.237 e. The van der Waals surface area contributed by atoms with Gasteiger partial charge in [-0.3, -0.25) is 4.79 Å². The van der Waals surface area contributed by atoms with Crippen LogP contribution in [0.15, 0.2) is 0 Å². The fourth-order valence-electron chi connectivity index (χ4n) is 2.75. The van der Waals surface area contributed by atoms with E-state index in [2.05, 4.69) is 10.2 Å². The van der Waals surface area contributed by atoms with E-state index in [4.69, 9.17) is 10.5 Å². The van der Waals surface area contributed by atoms with Crippen molar-refractivity contribution in [1.82, 2.24) is 10.2 Å². The van der Waals surface area contributed by atoms with Crippen LogP contribution in [0.3, 0.4) is 0 Å². The van der Waals surface area contributed by atoms with Crippen molar-refractivity contribution in [2.24, 2.45) is 11.7 Å². The Morgan fingerprint density at radius 2 is 1.85 bits per heavy atom. The highest BCUT2D eigenvalue weighted by molar-refractivity contribution is 5.85. The third-order valence-corrected chi connectivity index (χ3v) is 4.00. The SMILES string of the molecule is Cl.Cl.NC(C(=O)NCCN1CCCC1)C1CCOCC1. The molecule has 1 unspecified atom stereocenters. The summed E-state index contributed by atoms with van der Waals surface area (Å²) in [6.07, 6.45) is 4.38. The summed E-state index contributed by atoms with van der Waals surface area (Å²) in [5, 5.41) is 2.96. The number of nitrogens with two attached hydrogens (primary N) is 1. The third-order valence-electron chi connectivity index (χ3n) is 4.00. The Bertz CT molecular complexity index is 270. The highest BCUT2D eigenvalue weighted by Crippen LogP contribution is 2.17. The molecule has 2 aliphatic rings. The van der Waals surface area contributed by atoms with Crippen LogP contribution in [0.2, 0.25) is 0 Å². The van der Waals surface area contributed by atoms with E-state index >= 15 is 0 Å². The molecule has 0 spiro atoms. The van der Waals surface area contributed by atoms with Crippen molar-refractivity contribution < 1.29 is 9.53 Å². The highest BCUT2D eigenvalue weighted by atomic mass is 35.5. The van der Waals surface area contributed by atoms with Gasteiger partial charge in [-0.15, -0.1) is 24.8 Å². The lowest BCUT2D eigenvalue weighted by Gasteiger charge is -2.27. The summed E-state index contributed by atoms with van der Waals surface area (Å²) < 4.78 is 5.28. The van der Waals surface area contributed by atoms with Crippen molar-refractivity contribution in [2.45, 2.75) is 31.7 Å². The first-order valence-electron chi connectivity index (χ1n) is 7.11. The minimum absolute atomic E-state index is 0. The number of hydrogen-bond acceptors (Lipinski definition) is 4. The van der Waals surface area contributed by atoms with E-state index in [9.17, 15) is 4.79 Å². The average molecular weight is 328 g/mol. The molecule has 120 valence electrons. The number of amides is 1. The molecule has 0 radical (unpaired) electrons. The molecule has 7 heteroatoms. The Hall–Kier alpha value is -0.0700. The Morgan fingerprint density at radius 1 is 1.25 bits per heavy atom. The zero-order chi connectivity index (χ0) is 12.8. The lowest BCUT2D eigenvalue weighted by atomic mass is 9.92. The van der Waals surface area contributed by atoms with E-state index in [1.165, 1.54) is 25.9 Å². The number of likely N-dealkylation sites (tertiary alicyclic amines) is 1. The zero-order valence-corrected chi connectivity index (χ0v) is 13.5. The summed E-state index contributed by atoms with van der Waals surface area (Å²) in [6.45, 7) is 5.48. The predicted molar refractivity (Wildman–Crippen MR) is 84.7 cm³/mol. The first kappa shape index (κ1) is 19.9. The van der Waals surface area contributed by atoms with Gasteiger partial charge in [0, 0.05) is 26.3 Å². The molecule has 5 nitrogen and oxygen atoms in total. The van der Waals surface area contributed by atoms with E-state index < -0.39 is 0 Å². The summed E-state index contributed by atoms with van der Waals surface area (Å²) in [5.41, 5.74) is 6.00. The van der Waals surface area contributed by atoms with Gasteiger partial charge >= 0.3 is 0 Å². The van der Waals surface area contributed by atoms with E-state index in [0.29, 0.717) is 0 Å². The summed E-state index contributed by atoms with van der Waals surface area (Å²) in [5.74, 6) is 0.284. The van der Waals surface area contributed by atoms with Gasteiger partial charge < -0.3 is 20.7 Å². The lowest BCUT2D eigenvalue weighted by molar-refractivity contribution is -0.124. The lowest BCUT2D eigenvalue weighted by Crippen LogP contribution is -2.48. The summed E-state index contributed by atoms with van der Waals surface area (Å²) in [4.78, 5) is 14.3. The first-order valence-corrected chi connectivity index (χ1v) is 7.11. The minimum atomic E-state index is -0.368. The minimum Gasteiger partial charge on any atom is -0.381 e. The number of carbonyl (C=O) groups is 1. The van der Waals surface area contributed by atoms with Crippen LogP contribution in [0.25, 0.3) is 0 Å². The van der Waals surface area contributed by atoms with Gasteiger partial charge in [0.25, 0.3) is 0 Å². The second-order valence-corrected chi connectivity index (χ2v) is 5.32. The van der Waals surface area contributed by atoms with Gasteiger partial charge in [0.05, 0.1) is 6.04 Å². The molecule has 0 bridgehead atoms. The Morgan fingerprint density at radius 3 is 2.45 bits per heavy atom. The third kappa shape index (κ3) is 6.14. The number of halogens is 2. The topological polar surface area (TPSA) is 67.6 Å². The molecule has 20 heavy (non-hydrogen) atoms. The van der Waals surface area contributed by atoms with Crippen LogP contribution < -0.4 is 11.1 Å². The van der Waals surface area contributed by atoms with Crippen LogP contribution in [0.5, 0.6) is 0 Å². The molecule has 0 saturated carbocycles. The fraction of sp³-hybridized carbons (Fsp3) is 0.923. The van der Waals surface area contributed by atoms with Gasteiger partial charge in [-0.05, 0) is 44.7 Å². The monoisotopic (exact) mass is 327 g/mol. The van der Waals surface area contributed by atoms with Crippen LogP contribution in [-0.2, 0) is 9.53 Å². The molecular formula is C13H27Cl2N3O2. The highest BCUT2D eigenvalue weighted by Gasteiger charge is 2.26. The zero-order valence-electron chi connectivity index (χ0n) is 11.9. The number of hydrogen-bond donors (Lipinski definition) is 2. The van der Waals surface area contributed by atoms with Crippen LogP contribution in [-0.4, -0.2) is 56.2 Å². The van der Waals surface area contributed by atoms with E-state index in [-0.39, 0.29) is 42.7 Å².